The van der Waals surface area contributed by atoms with E-state index in [2.05, 4.69) is 10.6 Å². The highest BCUT2D eigenvalue weighted by atomic mass is 32.2. The first-order chi connectivity index (χ1) is 9.54. The first kappa shape index (κ1) is 16.4. The number of urea groups is 1. The number of carboxylic acids is 1. The summed E-state index contributed by atoms with van der Waals surface area (Å²) in [5.41, 5.74) is 0.548. The number of amides is 2. The summed E-state index contributed by atoms with van der Waals surface area (Å²) in [6, 6.07) is 7.13. The standard InChI is InChI=1S/C14H20N2O3S/c1-10(9-20-2)8-15-14(19)16-12(13(17)18)11-6-4-3-5-7-11/h3-7,10,12H,8-9H2,1-2H3,(H,17,18)(H2,15,16,19)/t10?,12-/m0/s1. The molecule has 0 spiro atoms. The van der Waals surface area contributed by atoms with Gasteiger partial charge >= 0.3 is 12.0 Å². The Kier molecular flexibility index (Phi) is 6.93. The summed E-state index contributed by atoms with van der Waals surface area (Å²) in [5, 5.41) is 14.4. The van der Waals surface area contributed by atoms with Gasteiger partial charge in [-0.2, -0.15) is 11.8 Å². The lowest BCUT2D eigenvalue weighted by Crippen LogP contribution is -2.42. The molecule has 0 saturated carbocycles. The molecule has 1 aromatic rings. The summed E-state index contributed by atoms with van der Waals surface area (Å²) in [7, 11) is 0. The highest BCUT2D eigenvalue weighted by molar-refractivity contribution is 7.98. The third-order valence-corrected chi connectivity index (χ3v) is 3.62. The Morgan fingerprint density at radius 2 is 1.95 bits per heavy atom. The quantitative estimate of drug-likeness (QED) is 0.720. The normalized spacial score (nSPS) is 13.3. The number of benzene rings is 1. The van der Waals surface area contributed by atoms with Gasteiger partial charge < -0.3 is 15.7 Å². The fraction of sp³-hybridized carbons (Fsp3) is 0.429. The summed E-state index contributed by atoms with van der Waals surface area (Å²) in [6.45, 7) is 2.55. The van der Waals surface area contributed by atoms with Crippen molar-refractivity contribution in [3.05, 3.63) is 35.9 Å². The van der Waals surface area contributed by atoms with Gasteiger partial charge in [0.2, 0.25) is 0 Å². The zero-order chi connectivity index (χ0) is 15.0. The van der Waals surface area contributed by atoms with E-state index in [9.17, 15) is 14.7 Å². The van der Waals surface area contributed by atoms with E-state index in [0.29, 0.717) is 18.0 Å². The molecular formula is C14H20N2O3S. The molecule has 20 heavy (non-hydrogen) atoms. The van der Waals surface area contributed by atoms with Crippen molar-refractivity contribution in [3.63, 3.8) is 0 Å². The van der Waals surface area contributed by atoms with Crippen LogP contribution in [-0.4, -0.2) is 35.7 Å². The largest absolute Gasteiger partial charge is 0.479 e. The second-order valence-electron chi connectivity index (χ2n) is 4.60. The van der Waals surface area contributed by atoms with E-state index in [0.717, 1.165) is 5.75 Å². The van der Waals surface area contributed by atoms with Gasteiger partial charge in [-0.15, -0.1) is 0 Å². The van der Waals surface area contributed by atoms with Gasteiger partial charge in [0.1, 0.15) is 0 Å². The van der Waals surface area contributed by atoms with Crippen LogP contribution in [0.3, 0.4) is 0 Å². The first-order valence-corrected chi connectivity index (χ1v) is 7.75. The fourth-order valence-corrected chi connectivity index (χ4v) is 2.41. The van der Waals surface area contributed by atoms with E-state index in [-0.39, 0.29) is 0 Å². The zero-order valence-corrected chi connectivity index (χ0v) is 12.4. The lowest BCUT2D eigenvalue weighted by Gasteiger charge is -2.17. The SMILES string of the molecule is CSCC(C)CNC(=O)N[C@H](C(=O)O)c1ccccc1. The molecule has 110 valence electrons. The van der Waals surface area contributed by atoms with Crippen molar-refractivity contribution in [1.29, 1.82) is 0 Å². The van der Waals surface area contributed by atoms with Gasteiger partial charge in [0.25, 0.3) is 0 Å². The molecule has 2 atom stereocenters. The van der Waals surface area contributed by atoms with Crippen molar-refractivity contribution in [2.75, 3.05) is 18.6 Å². The molecule has 0 aliphatic carbocycles. The molecule has 1 aromatic carbocycles. The molecular weight excluding hydrogens is 276 g/mol. The average Bonchev–Trinajstić information content (AvgIpc) is 2.43. The third-order valence-electron chi connectivity index (χ3n) is 2.72. The van der Waals surface area contributed by atoms with Gasteiger partial charge in [0.05, 0.1) is 0 Å². The first-order valence-electron chi connectivity index (χ1n) is 6.35. The summed E-state index contributed by atoms with van der Waals surface area (Å²) in [6.07, 6.45) is 2.01. The van der Waals surface area contributed by atoms with Crippen LogP contribution in [0.1, 0.15) is 18.5 Å². The van der Waals surface area contributed by atoms with Crippen molar-refractivity contribution in [2.45, 2.75) is 13.0 Å². The molecule has 1 rings (SSSR count). The van der Waals surface area contributed by atoms with Crippen LogP contribution in [0.5, 0.6) is 0 Å². The Hall–Kier alpha value is -1.69. The van der Waals surface area contributed by atoms with Crippen molar-refractivity contribution in [3.8, 4) is 0 Å². The number of aliphatic carboxylic acids is 1. The second-order valence-corrected chi connectivity index (χ2v) is 5.51. The number of hydrogen-bond donors (Lipinski definition) is 3. The van der Waals surface area contributed by atoms with Crippen LogP contribution in [0.2, 0.25) is 0 Å². The highest BCUT2D eigenvalue weighted by Gasteiger charge is 2.21. The molecule has 0 aliphatic heterocycles. The topological polar surface area (TPSA) is 78.4 Å². The summed E-state index contributed by atoms with van der Waals surface area (Å²) in [4.78, 5) is 23.0. The summed E-state index contributed by atoms with van der Waals surface area (Å²) >= 11 is 1.71. The van der Waals surface area contributed by atoms with Crippen LogP contribution in [0, 0.1) is 5.92 Å². The molecule has 6 heteroatoms. The molecule has 0 saturated heterocycles. The smallest absolute Gasteiger partial charge is 0.330 e. The van der Waals surface area contributed by atoms with Gasteiger partial charge in [-0.1, -0.05) is 37.3 Å². The van der Waals surface area contributed by atoms with Crippen LogP contribution in [-0.2, 0) is 4.79 Å². The fourth-order valence-electron chi connectivity index (χ4n) is 1.73. The van der Waals surface area contributed by atoms with Gasteiger partial charge in [0.15, 0.2) is 6.04 Å². The molecule has 0 aliphatic rings. The number of carboxylic acid groups (broad SMARTS) is 1. The molecule has 0 heterocycles. The third kappa shape index (κ3) is 5.52. The maximum Gasteiger partial charge on any atom is 0.330 e. The highest BCUT2D eigenvalue weighted by Crippen LogP contribution is 2.12. The Bertz CT molecular complexity index is 439. The summed E-state index contributed by atoms with van der Waals surface area (Å²) in [5.74, 6) is 0.209. The molecule has 0 bridgehead atoms. The number of carbonyl (C=O) groups excluding carboxylic acids is 1. The molecule has 0 fully saturated rings. The van der Waals surface area contributed by atoms with E-state index < -0.39 is 18.0 Å². The van der Waals surface area contributed by atoms with Crippen LogP contribution in [0.4, 0.5) is 4.79 Å². The van der Waals surface area contributed by atoms with E-state index in [1.165, 1.54) is 0 Å². The lowest BCUT2D eigenvalue weighted by atomic mass is 10.1. The number of rotatable bonds is 7. The Morgan fingerprint density at radius 3 is 2.50 bits per heavy atom. The number of thioether (sulfide) groups is 1. The minimum atomic E-state index is -1.08. The minimum absolute atomic E-state index is 0.343. The van der Waals surface area contributed by atoms with Gasteiger partial charge in [-0.05, 0) is 23.5 Å². The molecule has 1 unspecified atom stereocenters. The van der Waals surface area contributed by atoms with E-state index >= 15 is 0 Å². The van der Waals surface area contributed by atoms with Crippen LogP contribution in [0.15, 0.2) is 30.3 Å². The average molecular weight is 296 g/mol. The van der Waals surface area contributed by atoms with Gasteiger partial charge in [0, 0.05) is 6.54 Å². The van der Waals surface area contributed by atoms with Crippen LogP contribution >= 0.6 is 11.8 Å². The predicted molar refractivity (Wildman–Crippen MR) is 80.9 cm³/mol. The number of hydrogen-bond acceptors (Lipinski definition) is 3. The maximum atomic E-state index is 11.7. The van der Waals surface area contributed by atoms with E-state index in [1.807, 2.05) is 13.2 Å². The Labute approximate surface area is 123 Å². The van der Waals surface area contributed by atoms with E-state index in [1.54, 1.807) is 42.1 Å². The number of carbonyl (C=O) groups is 2. The maximum absolute atomic E-state index is 11.7. The van der Waals surface area contributed by atoms with Crippen molar-refractivity contribution in [2.24, 2.45) is 5.92 Å². The molecule has 0 aromatic heterocycles. The van der Waals surface area contributed by atoms with Crippen molar-refractivity contribution in [1.82, 2.24) is 10.6 Å². The zero-order valence-electron chi connectivity index (χ0n) is 11.6. The van der Waals surface area contributed by atoms with Crippen molar-refractivity contribution >= 4 is 23.8 Å². The van der Waals surface area contributed by atoms with E-state index in [4.69, 9.17) is 0 Å². The Balaban J connectivity index is 2.55. The monoisotopic (exact) mass is 296 g/mol. The minimum Gasteiger partial charge on any atom is -0.479 e. The second kappa shape index (κ2) is 8.47. The van der Waals surface area contributed by atoms with Crippen LogP contribution in [0.25, 0.3) is 0 Å². The molecule has 5 nitrogen and oxygen atoms in total. The summed E-state index contributed by atoms with van der Waals surface area (Å²) < 4.78 is 0. The number of nitrogens with one attached hydrogen (secondary N) is 2. The molecule has 2 amide bonds. The lowest BCUT2D eigenvalue weighted by molar-refractivity contribution is -0.139. The van der Waals surface area contributed by atoms with Gasteiger partial charge in [-0.25, -0.2) is 9.59 Å². The van der Waals surface area contributed by atoms with Crippen molar-refractivity contribution < 1.29 is 14.7 Å². The van der Waals surface area contributed by atoms with Gasteiger partial charge in [-0.3, -0.25) is 0 Å². The predicted octanol–water partition coefficient (Wildman–Crippen LogP) is 2.11. The Morgan fingerprint density at radius 1 is 1.30 bits per heavy atom. The van der Waals surface area contributed by atoms with Crippen LogP contribution < -0.4 is 10.6 Å². The molecule has 3 N–H and O–H groups in total. The molecule has 0 radical (unpaired) electrons.